The van der Waals surface area contributed by atoms with Crippen molar-refractivity contribution in [2.75, 3.05) is 18.8 Å². The first kappa shape index (κ1) is 16.7. The van der Waals surface area contributed by atoms with Gasteiger partial charge >= 0.3 is 0 Å². The Morgan fingerprint density at radius 1 is 1.14 bits per heavy atom. The predicted molar refractivity (Wildman–Crippen MR) is 82.1 cm³/mol. The highest BCUT2D eigenvalue weighted by Crippen LogP contribution is 2.26. The van der Waals surface area contributed by atoms with Gasteiger partial charge in [0.05, 0.1) is 5.75 Å². The molecule has 0 bridgehead atoms. The number of rotatable bonds is 4. The van der Waals surface area contributed by atoms with E-state index in [0.717, 1.165) is 25.7 Å². The quantitative estimate of drug-likeness (QED) is 0.786. The van der Waals surface area contributed by atoms with Gasteiger partial charge in [-0.2, -0.15) is 0 Å². The van der Waals surface area contributed by atoms with Crippen LogP contribution in [0.5, 0.6) is 0 Å². The lowest BCUT2D eigenvalue weighted by Crippen LogP contribution is -2.48. The van der Waals surface area contributed by atoms with Crippen LogP contribution < -0.4 is 10.5 Å². The molecule has 7 heteroatoms. The molecule has 21 heavy (non-hydrogen) atoms. The van der Waals surface area contributed by atoms with Crippen LogP contribution in [0.3, 0.4) is 0 Å². The molecule has 0 radical (unpaired) electrons. The highest BCUT2D eigenvalue weighted by molar-refractivity contribution is 7.89. The summed E-state index contributed by atoms with van der Waals surface area (Å²) in [5, 5.41) is 0. The number of likely N-dealkylation sites (tertiary alicyclic amines) is 1. The molecular formula is C14H27N3O3S. The van der Waals surface area contributed by atoms with Gasteiger partial charge in [0.25, 0.3) is 0 Å². The minimum absolute atomic E-state index is 0.0289. The van der Waals surface area contributed by atoms with E-state index in [-0.39, 0.29) is 29.7 Å². The van der Waals surface area contributed by atoms with E-state index in [4.69, 9.17) is 5.73 Å². The molecule has 1 saturated heterocycles. The zero-order valence-electron chi connectivity index (χ0n) is 12.8. The normalized spacial score (nSPS) is 28.6. The molecule has 0 unspecified atom stereocenters. The minimum atomic E-state index is -3.15. The number of nitrogens with zero attached hydrogens (tertiary/aromatic N) is 1. The molecule has 0 spiro atoms. The van der Waals surface area contributed by atoms with Crippen molar-refractivity contribution in [2.45, 2.75) is 57.5 Å². The van der Waals surface area contributed by atoms with E-state index in [1.54, 1.807) is 6.92 Å². The first-order valence-electron chi connectivity index (χ1n) is 7.95. The molecule has 2 fully saturated rings. The van der Waals surface area contributed by atoms with Gasteiger partial charge in [0.15, 0.2) is 0 Å². The number of nitrogens with two attached hydrogens (primary N) is 1. The SMILES string of the molecule is CCS(=O)(=O)NC1CCN(C(=O)C2CCC(N)CC2)CC1. The van der Waals surface area contributed by atoms with Crippen LogP contribution in [0, 0.1) is 5.92 Å². The maximum Gasteiger partial charge on any atom is 0.225 e. The zero-order valence-corrected chi connectivity index (χ0v) is 13.6. The molecule has 1 amide bonds. The Balaban J connectivity index is 1.79. The van der Waals surface area contributed by atoms with Crippen LogP contribution >= 0.6 is 0 Å². The summed E-state index contributed by atoms with van der Waals surface area (Å²) in [5.41, 5.74) is 5.88. The van der Waals surface area contributed by atoms with Crippen LogP contribution in [-0.2, 0) is 14.8 Å². The Bertz CT molecular complexity index is 450. The molecule has 0 atom stereocenters. The van der Waals surface area contributed by atoms with Gasteiger partial charge < -0.3 is 10.6 Å². The van der Waals surface area contributed by atoms with Crippen LogP contribution in [0.1, 0.15) is 45.4 Å². The van der Waals surface area contributed by atoms with Gasteiger partial charge in [0.2, 0.25) is 15.9 Å². The molecule has 1 aliphatic carbocycles. The summed E-state index contributed by atoms with van der Waals surface area (Å²) in [6.07, 6.45) is 5.06. The molecule has 0 aromatic carbocycles. The maximum absolute atomic E-state index is 12.5. The molecule has 2 aliphatic rings. The number of hydrogen-bond donors (Lipinski definition) is 2. The fourth-order valence-corrected chi connectivity index (χ4v) is 4.09. The fraction of sp³-hybridized carbons (Fsp3) is 0.929. The highest BCUT2D eigenvalue weighted by atomic mass is 32.2. The maximum atomic E-state index is 12.5. The highest BCUT2D eigenvalue weighted by Gasteiger charge is 2.31. The van der Waals surface area contributed by atoms with Gasteiger partial charge in [-0.15, -0.1) is 0 Å². The van der Waals surface area contributed by atoms with Gasteiger partial charge in [0, 0.05) is 31.1 Å². The summed E-state index contributed by atoms with van der Waals surface area (Å²) >= 11 is 0. The number of amides is 1. The number of sulfonamides is 1. The topological polar surface area (TPSA) is 92.5 Å². The van der Waals surface area contributed by atoms with Gasteiger partial charge in [-0.05, 0) is 45.4 Å². The second-order valence-electron chi connectivity index (χ2n) is 6.23. The molecule has 0 aromatic rings. The van der Waals surface area contributed by atoms with E-state index in [0.29, 0.717) is 25.9 Å². The average Bonchev–Trinajstić information content (AvgIpc) is 2.48. The Morgan fingerprint density at radius 2 is 1.71 bits per heavy atom. The third-order valence-electron chi connectivity index (χ3n) is 4.65. The smallest absolute Gasteiger partial charge is 0.225 e. The Hall–Kier alpha value is -0.660. The third-order valence-corrected chi connectivity index (χ3v) is 6.11. The van der Waals surface area contributed by atoms with E-state index < -0.39 is 10.0 Å². The number of nitrogens with one attached hydrogen (secondary N) is 1. The first-order chi connectivity index (χ1) is 9.91. The minimum Gasteiger partial charge on any atom is -0.342 e. The lowest BCUT2D eigenvalue weighted by atomic mass is 9.85. The monoisotopic (exact) mass is 317 g/mol. The molecule has 2 rings (SSSR count). The predicted octanol–water partition coefficient (Wildman–Crippen LogP) is 0.434. The summed E-state index contributed by atoms with van der Waals surface area (Å²) in [6, 6.07) is 0.224. The third kappa shape index (κ3) is 4.66. The van der Waals surface area contributed by atoms with E-state index in [1.165, 1.54) is 0 Å². The summed E-state index contributed by atoms with van der Waals surface area (Å²) in [5.74, 6) is 0.460. The largest absolute Gasteiger partial charge is 0.342 e. The van der Waals surface area contributed by atoms with Crippen LogP contribution in [0.25, 0.3) is 0 Å². The molecule has 3 N–H and O–H groups in total. The second kappa shape index (κ2) is 7.07. The van der Waals surface area contributed by atoms with E-state index in [9.17, 15) is 13.2 Å². The average molecular weight is 317 g/mol. The van der Waals surface area contributed by atoms with Crippen molar-refractivity contribution in [3.8, 4) is 0 Å². The number of piperidine rings is 1. The van der Waals surface area contributed by atoms with Crippen LogP contribution in [0.15, 0.2) is 0 Å². The van der Waals surface area contributed by atoms with Crippen molar-refractivity contribution in [1.29, 1.82) is 0 Å². The summed E-state index contributed by atoms with van der Waals surface area (Å²) < 4.78 is 25.8. The van der Waals surface area contributed by atoms with Crippen molar-refractivity contribution in [1.82, 2.24) is 9.62 Å². The summed E-state index contributed by atoms with van der Waals surface area (Å²) in [4.78, 5) is 14.4. The van der Waals surface area contributed by atoms with Gasteiger partial charge in [-0.3, -0.25) is 4.79 Å². The molecule has 1 saturated carbocycles. The Kier molecular flexibility index (Phi) is 5.62. The van der Waals surface area contributed by atoms with Crippen LogP contribution in [0.4, 0.5) is 0 Å². The number of carbonyl (C=O) groups excluding carboxylic acids is 1. The summed E-state index contributed by atoms with van der Waals surface area (Å²) in [6.45, 7) is 2.94. The lowest BCUT2D eigenvalue weighted by molar-refractivity contribution is -0.137. The number of hydrogen-bond acceptors (Lipinski definition) is 4. The van der Waals surface area contributed by atoms with Crippen molar-refractivity contribution in [2.24, 2.45) is 11.7 Å². The van der Waals surface area contributed by atoms with Crippen molar-refractivity contribution in [3.63, 3.8) is 0 Å². The standard InChI is InChI=1S/C14H27N3O3S/c1-2-21(19,20)16-13-7-9-17(10-8-13)14(18)11-3-5-12(15)6-4-11/h11-13,16H,2-10,15H2,1H3. The molecule has 1 aliphatic heterocycles. The molecular weight excluding hydrogens is 290 g/mol. The van der Waals surface area contributed by atoms with Crippen molar-refractivity contribution < 1.29 is 13.2 Å². The van der Waals surface area contributed by atoms with Crippen molar-refractivity contribution in [3.05, 3.63) is 0 Å². The number of carbonyl (C=O) groups is 1. The fourth-order valence-electron chi connectivity index (χ4n) is 3.18. The van der Waals surface area contributed by atoms with Gasteiger partial charge in [-0.1, -0.05) is 0 Å². The first-order valence-corrected chi connectivity index (χ1v) is 9.61. The van der Waals surface area contributed by atoms with Crippen molar-refractivity contribution >= 4 is 15.9 Å². The Morgan fingerprint density at radius 3 is 2.24 bits per heavy atom. The molecule has 122 valence electrons. The van der Waals surface area contributed by atoms with E-state index in [1.807, 2.05) is 4.90 Å². The van der Waals surface area contributed by atoms with Crippen LogP contribution in [0.2, 0.25) is 0 Å². The lowest BCUT2D eigenvalue weighted by Gasteiger charge is -2.36. The van der Waals surface area contributed by atoms with E-state index >= 15 is 0 Å². The van der Waals surface area contributed by atoms with Crippen LogP contribution in [-0.4, -0.2) is 50.2 Å². The molecule has 6 nitrogen and oxygen atoms in total. The van der Waals surface area contributed by atoms with E-state index in [2.05, 4.69) is 4.72 Å². The Labute approximate surface area is 127 Å². The molecule has 1 heterocycles. The second-order valence-corrected chi connectivity index (χ2v) is 8.28. The molecule has 0 aromatic heterocycles. The zero-order chi connectivity index (χ0) is 15.5. The summed E-state index contributed by atoms with van der Waals surface area (Å²) in [7, 11) is -3.15. The van der Waals surface area contributed by atoms with Gasteiger partial charge in [-0.25, -0.2) is 13.1 Å². The van der Waals surface area contributed by atoms with Gasteiger partial charge in [0.1, 0.15) is 0 Å².